The van der Waals surface area contributed by atoms with Crippen LogP contribution in [0.3, 0.4) is 0 Å². The van der Waals surface area contributed by atoms with E-state index < -0.39 is 11.7 Å². The van der Waals surface area contributed by atoms with Crippen LogP contribution in [-0.2, 0) is 18.5 Å². The van der Waals surface area contributed by atoms with Crippen LogP contribution in [0.5, 0.6) is 0 Å². The number of halogens is 2. The Labute approximate surface area is 170 Å². The zero-order chi connectivity index (χ0) is 21.0. The molecule has 9 nitrogen and oxygen atoms in total. The van der Waals surface area contributed by atoms with Crippen molar-refractivity contribution in [1.82, 2.24) is 20.2 Å². The Morgan fingerprint density at radius 3 is 2.83 bits per heavy atom. The number of aromatic nitrogens is 3. The number of rotatable bonds is 7. The highest BCUT2D eigenvalue weighted by atomic mass is 35.5. The van der Waals surface area contributed by atoms with E-state index >= 15 is 0 Å². The second kappa shape index (κ2) is 8.86. The van der Waals surface area contributed by atoms with Crippen molar-refractivity contribution < 1.29 is 19.1 Å². The van der Waals surface area contributed by atoms with Crippen LogP contribution < -0.4 is 16.1 Å². The van der Waals surface area contributed by atoms with Crippen molar-refractivity contribution in [3.05, 3.63) is 58.6 Å². The minimum atomic E-state index is -0.643. The van der Waals surface area contributed by atoms with Crippen LogP contribution in [0.2, 0.25) is 5.02 Å². The number of para-hydroxylation sites is 1. The first kappa shape index (κ1) is 20.5. The Morgan fingerprint density at radius 1 is 1.34 bits per heavy atom. The third-order valence-corrected chi connectivity index (χ3v) is 4.22. The van der Waals surface area contributed by atoms with Gasteiger partial charge in [-0.3, -0.25) is 14.3 Å². The molecule has 0 fully saturated rings. The van der Waals surface area contributed by atoms with Crippen molar-refractivity contribution in [2.75, 3.05) is 17.7 Å². The lowest BCUT2D eigenvalue weighted by atomic mass is 10.1. The highest BCUT2D eigenvalue weighted by molar-refractivity contribution is 6.33. The van der Waals surface area contributed by atoms with E-state index in [9.17, 15) is 14.3 Å². The largest absolute Gasteiger partial charge is 0.390 e. The normalized spacial score (nSPS) is 10.7. The first-order chi connectivity index (χ1) is 13.9. The van der Waals surface area contributed by atoms with Gasteiger partial charge in [0.1, 0.15) is 17.5 Å². The summed E-state index contributed by atoms with van der Waals surface area (Å²) in [6, 6.07) is 7.28. The molecule has 152 valence electrons. The van der Waals surface area contributed by atoms with Crippen LogP contribution in [0, 0.1) is 5.82 Å². The molecule has 1 aromatic carbocycles. The quantitative estimate of drug-likeness (QED) is 0.434. The molecule has 0 unspecified atom stereocenters. The number of carbonyl (C=O) groups excluding carboxylic acids is 1. The highest BCUT2D eigenvalue weighted by Crippen LogP contribution is 2.31. The van der Waals surface area contributed by atoms with Crippen molar-refractivity contribution >= 4 is 40.5 Å². The summed E-state index contributed by atoms with van der Waals surface area (Å²) in [5.41, 5.74) is 2.94. The van der Waals surface area contributed by atoms with Crippen LogP contribution in [0.15, 0.2) is 36.5 Å². The van der Waals surface area contributed by atoms with Gasteiger partial charge in [-0.1, -0.05) is 17.7 Å². The molecule has 1 amide bonds. The molecule has 2 heterocycles. The average Bonchev–Trinajstić information content (AvgIpc) is 3.05. The third-order valence-electron chi connectivity index (χ3n) is 3.92. The van der Waals surface area contributed by atoms with Gasteiger partial charge in [0.15, 0.2) is 0 Å². The van der Waals surface area contributed by atoms with E-state index in [0.717, 1.165) is 0 Å². The Hall–Kier alpha value is -3.21. The van der Waals surface area contributed by atoms with Gasteiger partial charge in [-0.2, -0.15) is 5.10 Å². The Balaban J connectivity index is 1.92. The number of benzene rings is 1. The lowest BCUT2D eigenvalue weighted by Crippen LogP contribution is -2.23. The number of carbonyl (C=O) groups is 1. The lowest BCUT2D eigenvalue weighted by Gasteiger charge is -2.15. The number of hydrogen-bond donors (Lipinski definition) is 4. The highest BCUT2D eigenvalue weighted by Gasteiger charge is 2.17. The molecule has 2 aromatic heterocycles. The minimum absolute atomic E-state index is 0.0356. The molecule has 3 aromatic rings. The van der Waals surface area contributed by atoms with E-state index in [-0.39, 0.29) is 22.9 Å². The summed E-state index contributed by atoms with van der Waals surface area (Å²) in [6.45, 7) is -0.198. The van der Waals surface area contributed by atoms with Crippen LogP contribution in [0.1, 0.15) is 16.1 Å². The van der Waals surface area contributed by atoms with E-state index in [0.29, 0.717) is 23.0 Å². The molecule has 0 saturated heterocycles. The zero-order valence-electron chi connectivity index (χ0n) is 15.5. The van der Waals surface area contributed by atoms with Gasteiger partial charge in [-0.15, -0.1) is 0 Å². The molecule has 0 atom stereocenters. The van der Waals surface area contributed by atoms with E-state index in [1.54, 1.807) is 23.9 Å². The molecule has 0 radical (unpaired) electrons. The molecule has 0 saturated carbocycles. The topological polar surface area (TPSA) is 113 Å². The van der Waals surface area contributed by atoms with Gasteiger partial charge in [0, 0.05) is 19.2 Å². The van der Waals surface area contributed by atoms with Crippen molar-refractivity contribution in [1.29, 1.82) is 0 Å². The predicted octanol–water partition coefficient (Wildman–Crippen LogP) is 2.88. The van der Waals surface area contributed by atoms with Gasteiger partial charge in [0.2, 0.25) is 0 Å². The first-order valence-corrected chi connectivity index (χ1v) is 8.76. The number of aryl methyl sites for hydroxylation is 1. The number of anilines is 4. The summed E-state index contributed by atoms with van der Waals surface area (Å²) in [5.74, 6) is -0.288. The second-order valence-corrected chi connectivity index (χ2v) is 6.31. The van der Waals surface area contributed by atoms with Crippen LogP contribution in [0.4, 0.5) is 27.4 Å². The van der Waals surface area contributed by atoms with E-state index in [4.69, 9.17) is 11.6 Å². The Morgan fingerprint density at radius 2 is 2.14 bits per heavy atom. The standard InChI is InChI=1S/C18H18ClFN6O3/c1-26-16(6-10(9-27)24-26)23-15-7-14(12(19)8-21-15)22-17-11(18(28)25-29-2)4-3-5-13(17)20/h3-8,27H,9H2,1-2H3,(H,25,28)(H2,21,22,23). The molecular weight excluding hydrogens is 403 g/mol. The van der Waals surface area contributed by atoms with E-state index in [2.05, 4.69) is 31.0 Å². The minimum Gasteiger partial charge on any atom is -0.390 e. The van der Waals surface area contributed by atoms with Gasteiger partial charge in [-0.25, -0.2) is 14.9 Å². The van der Waals surface area contributed by atoms with E-state index in [1.165, 1.54) is 31.5 Å². The molecule has 11 heteroatoms. The fourth-order valence-corrected chi connectivity index (χ4v) is 2.73. The van der Waals surface area contributed by atoms with Gasteiger partial charge in [0.05, 0.1) is 47.6 Å². The number of hydroxylamine groups is 1. The van der Waals surface area contributed by atoms with Gasteiger partial charge in [0.25, 0.3) is 5.91 Å². The van der Waals surface area contributed by atoms with Gasteiger partial charge >= 0.3 is 0 Å². The Bertz CT molecular complexity index is 1040. The maximum Gasteiger partial charge on any atom is 0.277 e. The molecule has 0 aliphatic rings. The molecule has 0 spiro atoms. The van der Waals surface area contributed by atoms with Crippen molar-refractivity contribution in [2.24, 2.45) is 7.05 Å². The van der Waals surface area contributed by atoms with Crippen LogP contribution >= 0.6 is 11.6 Å². The summed E-state index contributed by atoms with van der Waals surface area (Å²) >= 11 is 6.20. The molecule has 4 N–H and O–H groups in total. The number of nitrogens with one attached hydrogen (secondary N) is 3. The first-order valence-electron chi connectivity index (χ1n) is 8.38. The number of amides is 1. The van der Waals surface area contributed by atoms with Gasteiger partial charge in [-0.05, 0) is 12.1 Å². The summed E-state index contributed by atoms with van der Waals surface area (Å²) in [6.07, 6.45) is 1.38. The average molecular weight is 421 g/mol. The fourth-order valence-electron chi connectivity index (χ4n) is 2.58. The number of aliphatic hydroxyl groups excluding tert-OH is 1. The molecule has 0 aliphatic carbocycles. The summed E-state index contributed by atoms with van der Waals surface area (Å²) in [7, 11) is 2.99. The SMILES string of the molecule is CONC(=O)c1cccc(F)c1Nc1cc(Nc2cc(CO)nn2C)ncc1Cl. The third kappa shape index (κ3) is 4.62. The van der Waals surface area contributed by atoms with E-state index in [1.807, 2.05) is 0 Å². The maximum absolute atomic E-state index is 14.4. The summed E-state index contributed by atoms with van der Waals surface area (Å²) < 4.78 is 16.0. The van der Waals surface area contributed by atoms with Crippen molar-refractivity contribution in [3.63, 3.8) is 0 Å². The second-order valence-electron chi connectivity index (χ2n) is 5.90. The van der Waals surface area contributed by atoms with Gasteiger partial charge < -0.3 is 15.7 Å². The summed E-state index contributed by atoms with van der Waals surface area (Å²) in [5, 5.41) is 19.4. The van der Waals surface area contributed by atoms with Crippen LogP contribution in [-0.4, -0.2) is 32.9 Å². The van der Waals surface area contributed by atoms with Crippen LogP contribution in [0.25, 0.3) is 0 Å². The number of nitrogens with zero attached hydrogens (tertiary/aromatic N) is 3. The molecule has 0 aliphatic heterocycles. The smallest absolute Gasteiger partial charge is 0.277 e. The van der Waals surface area contributed by atoms with Crippen molar-refractivity contribution in [2.45, 2.75) is 6.61 Å². The Kier molecular flexibility index (Phi) is 6.27. The molecule has 0 bridgehead atoms. The number of pyridine rings is 1. The predicted molar refractivity (Wildman–Crippen MR) is 106 cm³/mol. The number of aliphatic hydroxyl groups is 1. The molecular formula is C18H18ClFN6O3. The zero-order valence-corrected chi connectivity index (χ0v) is 16.3. The molecule has 3 rings (SSSR count). The van der Waals surface area contributed by atoms with Crippen molar-refractivity contribution in [3.8, 4) is 0 Å². The monoisotopic (exact) mass is 420 g/mol. The maximum atomic E-state index is 14.4. The fraction of sp³-hybridized carbons (Fsp3) is 0.167. The lowest BCUT2D eigenvalue weighted by molar-refractivity contribution is 0.0538. The molecule has 29 heavy (non-hydrogen) atoms. The summed E-state index contributed by atoms with van der Waals surface area (Å²) in [4.78, 5) is 20.9. The number of hydrogen-bond acceptors (Lipinski definition) is 7.